The van der Waals surface area contributed by atoms with Gasteiger partial charge in [-0.25, -0.2) is 4.79 Å². The van der Waals surface area contributed by atoms with E-state index < -0.39 is 5.60 Å². The van der Waals surface area contributed by atoms with Crippen molar-refractivity contribution in [3.05, 3.63) is 0 Å². The van der Waals surface area contributed by atoms with Crippen molar-refractivity contribution < 1.29 is 19.1 Å². The fourth-order valence-corrected chi connectivity index (χ4v) is 2.36. The SMILES string of the molecule is COC(=O)CCC1CC(N)CN(C(=O)OC(C)(C)C)C1. The summed E-state index contributed by atoms with van der Waals surface area (Å²) in [5, 5.41) is 0. The summed E-state index contributed by atoms with van der Waals surface area (Å²) in [6.45, 7) is 6.60. The molecule has 0 saturated carbocycles. The first-order valence-electron chi connectivity index (χ1n) is 7.01. The zero-order valence-corrected chi connectivity index (χ0v) is 12.8. The Morgan fingerprint density at radius 3 is 2.50 bits per heavy atom. The Kier molecular flexibility index (Phi) is 5.80. The van der Waals surface area contributed by atoms with E-state index in [2.05, 4.69) is 4.74 Å². The number of nitrogens with zero attached hydrogens (tertiary/aromatic N) is 1. The van der Waals surface area contributed by atoms with Crippen LogP contribution in [-0.2, 0) is 14.3 Å². The van der Waals surface area contributed by atoms with Gasteiger partial charge in [0.2, 0.25) is 0 Å². The topological polar surface area (TPSA) is 81.9 Å². The molecule has 0 spiro atoms. The highest BCUT2D eigenvalue weighted by atomic mass is 16.6. The minimum Gasteiger partial charge on any atom is -0.469 e. The molecule has 1 heterocycles. The Balaban J connectivity index is 2.52. The Morgan fingerprint density at radius 2 is 1.95 bits per heavy atom. The average Bonchev–Trinajstić information content (AvgIpc) is 2.33. The van der Waals surface area contributed by atoms with Gasteiger partial charge < -0.3 is 20.1 Å². The lowest BCUT2D eigenvalue weighted by Gasteiger charge is -2.37. The summed E-state index contributed by atoms with van der Waals surface area (Å²) in [5.41, 5.74) is 5.48. The number of amides is 1. The molecular formula is C14H26N2O4. The standard InChI is InChI=1S/C14H26N2O4/c1-14(2,3)20-13(18)16-8-10(7-11(15)9-16)5-6-12(17)19-4/h10-11H,5-9,15H2,1-4H3. The number of carbonyl (C=O) groups is 2. The van der Waals surface area contributed by atoms with Crippen molar-refractivity contribution in [2.75, 3.05) is 20.2 Å². The van der Waals surface area contributed by atoms with Gasteiger partial charge >= 0.3 is 12.1 Å². The highest BCUT2D eigenvalue weighted by molar-refractivity contribution is 5.69. The second-order valence-electron chi connectivity index (χ2n) is 6.36. The van der Waals surface area contributed by atoms with Crippen molar-refractivity contribution in [2.24, 2.45) is 11.7 Å². The molecule has 1 rings (SSSR count). The summed E-state index contributed by atoms with van der Waals surface area (Å²) in [7, 11) is 1.38. The fourth-order valence-electron chi connectivity index (χ4n) is 2.36. The van der Waals surface area contributed by atoms with Gasteiger partial charge in [0, 0.05) is 25.6 Å². The summed E-state index contributed by atoms with van der Waals surface area (Å²) in [5.74, 6) is -0.0154. The normalized spacial score (nSPS) is 23.4. The second kappa shape index (κ2) is 6.92. The van der Waals surface area contributed by atoms with E-state index in [1.165, 1.54) is 7.11 Å². The lowest BCUT2D eigenvalue weighted by molar-refractivity contribution is -0.141. The number of rotatable bonds is 3. The van der Waals surface area contributed by atoms with Crippen LogP contribution in [0.2, 0.25) is 0 Å². The Hall–Kier alpha value is -1.30. The van der Waals surface area contributed by atoms with Gasteiger partial charge in [0.15, 0.2) is 0 Å². The molecule has 20 heavy (non-hydrogen) atoms. The van der Waals surface area contributed by atoms with Crippen molar-refractivity contribution >= 4 is 12.1 Å². The third-order valence-electron chi connectivity index (χ3n) is 3.21. The lowest BCUT2D eigenvalue weighted by Crippen LogP contribution is -2.50. The van der Waals surface area contributed by atoms with Gasteiger partial charge in [-0.15, -0.1) is 0 Å². The van der Waals surface area contributed by atoms with Crippen molar-refractivity contribution in [1.29, 1.82) is 0 Å². The molecule has 0 aromatic heterocycles. The van der Waals surface area contributed by atoms with E-state index in [9.17, 15) is 9.59 Å². The van der Waals surface area contributed by atoms with Crippen molar-refractivity contribution in [3.63, 3.8) is 0 Å². The number of carbonyl (C=O) groups excluding carboxylic acids is 2. The van der Waals surface area contributed by atoms with Crippen LogP contribution in [0.4, 0.5) is 4.79 Å². The number of piperidine rings is 1. The summed E-state index contributed by atoms with van der Waals surface area (Å²) >= 11 is 0. The Morgan fingerprint density at radius 1 is 1.30 bits per heavy atom. The molecule has 1 amide bonds. The number of nitrogens with two attached hydrogens (primary N) is 1. The van der Waals surface area contributed by atoms with Gasteiger partial charge in [-0.05, 0) is 39.5 Å². The number of ether oxygens (including phenoxy) is 2. The zero-order chi connectivity index (χ0) is 15.3. The second-order valence-corrected chi connectivity index (χ2v) is 6.36. The van der Waals surface area contributed by atoms with Gasteiger partial charge in [0.1, 0.15) is 5.60 Å². The molecule has 2 atom stereocenters. The van der Waals surface area contributed by atoms with Gasteiger partial charge in [-0.2, -0.15) is 0 Å². The van der Waals surface area contributed by atoms with E-state index in [1.807, 2.05) is 20.8 Å². The van der Waals surface area contributed by atoms with Gasteiger partial charge in [0.05, 0.1) is 7.11 Å². The predicted molar refractivity (Wildman–Crippen MR) is 75.1 cm³/mol. The average molecular weight is 286 g/mol. The summed E-state index contributed by atoms with van der Waals surface area (Å²) in [6.07, 6.45) is 1.52. The molecule has 0 aliphatic carbocycles. The van der Waals surface area contributed by atoms with Gasteiger partial charge in [-0.1, -0.05) is 0 Å². The number of likely N-dealkylation sites (tertiary alicyclic amines) is 1. The summed E-state index contributed by atoms with van der Waals surface area (Å²) in [6, 6.07) is -0.0704. The molecule has 2 unspecified atom stereocenters. The Bertz CT molecular complexity index is 352. The summed E-state index contributed by atoms with van der Waals surface area (Å²) in [4.78, 5) is 24.9. The molecule has 0 bridgehead atoms. The maximum absolute atomic E-state index is 12.1. The number of hydrogen-bond donors (Lipinski definition) is 1. The monoisotopic (exact) mass is 286 g/mol. The number of esters is 1. The van der Waals surface area contributed by atoms with Crippen molar-refractivity contribution in [1.82, 2.24) is 4.90 Å². The number of hydrogen-bond acceptors (Lipinski definition) is 5. The predicted octanol–water partition coefficient (Wildman–Crippen LogP) is 1.52. The molecule has 1 aliphatic rings. The van der Waals surface area contributed by atoms with Gasteiger partial charge in [0.25, 0.3) is 0 Å². The lowest BCUT2D eigenvalue weighted by atomic mass is 9.91. The zero-order valence-electron chi connectivity index (χ0n) is 12.8. The molecule has 1 saturated heterocycles. The van der Waals surface area contributed by atoms with E-state index in [0.717, 1.165) is 6.42 Å². The molecule has 1 aliphatic heterocycles. The van der Waals surface area contributed by atoms with Crippen LogP contribution in [0.3, 0.4) is 0 Å². The molecular weight excluding hydrogens is 260 g/mol. The van der Waals surface area contributed by atoms with Crippen LogP contribution < -0.4 is 5.73 Å². The molecule has 6 heteroatoms. The van der Waals surface area contributed by atoms with Crippen LogP contribution in [0.15, 0.2) is 0 Å². The van der Waals surface area contributed by atoms with E-state index in [1.54, 1.807) is 4.90 Å². The minimum atomic E-state index is -0.514. The first-order chi connectivity index (χ1) is 9.21. The molecule has 2 N–H and O–H groups in total. The first kappa shape index (κ1) is 16.8. The minimum absolute atomic E-state index is 0.0704. The molecule has 6 nitrogen and oxygen atoms in total. The van der Waals surface area contributed by atoms with Crippen molar-refractivity contribution in [2.45, 2.75) is 51.7 Å². The van der Waals surface area contributed by atoms with E-state index >= 15 is 0 Å². The highest BCUT2D eigenvalue weighted by Crippen LogP contribution is 2.22. The van der Waals surface area contributed by atoms with E-state index in [0.29, 0.717) is 25.9 Å². The maximum atomic E-state index is 12.1. The highest BCUT2D eigenvalue weighted by Gasteiger charge is 2.31. The number of methoxy groups -OCH3 is 1. The molecule has 0 aromatic carbocycles. The largest absolute Gasteiger partial charge is 0.469 e. The van der Waals surface area contributed by atoms with Gasteiger partial charge in [-0.3, -0.25) is 4.79 Å². The van der Waals surface area contributed by atoms with Crippen molar-refractivity contribution in [3.8, 4) is 0 Å². The Labute approximate surface area is 120 Å². The van der Waals surface area contributed by atoms with Crippen LogP contribution in [0, 0.1) is 5.92 Å². The molecule has 0 aromatic rings. The van der Waals surface area contributed by atoms with Crippen LogP contribution in [0.25, 0.3) is 0 Å². The smallest absolute Gasteiger partial charge is 0.410 e. The first-order valence-corrected chi connectivity index (χ1v) is 7.01. The van der Waals surface area contributed by atoms with Crippen LogP contribution in [-0.4, -0.2) is 48.8 Å². The maximum Gasteiger partial charge on any atom is 0.410 e. The van der Waals surface area contributed by atoms with E-state index in [4.69, 9.17) is 10.5 Å². The molecule has 1 fully saturated rings. The third kappa shape index (κ3) is 5.77. The van der Waals surface area contributed by atoms with Crippen LogP contribution in [0.5, 0.6) is 0 Å². The summed E-state index contributed by atoms with van der Waals surface area (Å²) < 4.78 is 9.99. The quantitative estimate of drug-likeness (QED) is 0.795. The fraction of sp³-hybridized carbons (Fsp3) is 0.857. The molecule has 116 valence electrons. The van der Waals surface area contributed by atoms with Crippen LogP contribution >= 0.6 is 0 Å². The van der Waals surface area contributed by atoms with E-state index in [-0.39, 0.29) is 24.0 Å². The third-order valence-corrected chi connectivity index (χ3v) is 3.21. The van der Waals surface area contributed by atoms with Crippen LogP contribution in [0.1, 0.15) is 40.0 Å². The molecule has 0 radical (unpaired) electrons.